The number of amides is 3. The van der Waals surface area contributed by atoms with Gasteiger partial charge in [0.25, 0.3) is 5.91 Å². The van der Waals surface area contributed by atoms with Crippen LogP contribution in [0.2, 0.25) is 5.02 Å². The number of carbonyl (C=O) groups is 3. The molecule has 1 saturated heterocycles. The van der Waals surface area contributed by atoms with E-state index in [9.17, 15) is 14.4 Å². The predicted molar refractivity (Wildman–Crippen MR) is 135 cm³/mol. The summed E-state index contributed by atoms with van der Waals surface area (Å²) in [5, 5.41) is 8.41. The van der Waals surface area contributed by atoms with Gasteiger partial charge in [-0.25, -0.2) is 4.98 Å². The van der Waals surface area contributed by atoms with Gasteiger partial charge in [-0.15, -0.1) is 11.3 Å². The molecule has 1 aliphatic rings. The number of piperidine rings is 1. The summed E-state index contributed by atoms with van der Waals surface area (Å²) in [6.45, 7) is 6.02. The first-order valence-electron chi connectivity index (χ1n) is 11.7. The Kier molecular flexibility index (Phi) is 10.3. The monoisotopic (exact) mass is 505 g/mol. The van der Waals surface area contributed by atoms with Gasteiger partial charge in [0.15, 0.2) is 5.13 Å². The smallest absolute Gasteiger partial charge is 0.254 e. The molecule has 2 N–H and O–H groups in total. The van der Waals surface area contributed by atoms with Crippen molar-refractivity contribution < 1.29 is 14.4 Å². The highest BCUT2D eigenvalue weighted by Gasteiger charge is 2.19. The number of nitrogens with one attached hydrogen (secondary N) is 2. The lowest BCUT2D eigenvalue weighted by Crippen LogP contribution is -2.38. The molecule has 0 bridgehead atoms. The number of thiazole rings is 1. The third kappa shape index (κ3) is 8.38. The Morgan fingerprint density at radius 3 is 2.56 bits per heavy atom. The van der Waals surface area contributed by atoms with E-state index in [0.717, 1.165) is 26.1 Å². The van der Waals surface area contributed by atoms with Gasteiger partial charge in [0.05, 0.1) is 12.1 Å². The first-order valence-corrected chi connectivity index (χ1v) is 13.0. The number of anilines is 1. The van der Waals surface area contributed by atoms with Crippen LogP contribution >= 0.6 is 22.9 Å². The molecular formula is C24H32ClN5O3S. The summed E-state index contributed by atoms with van der Waals surface area (Å²) in [7, 11) is 0. The van der Waals surface area contributed by atoms with Crippen molar-refractivity contribution in [3.05, 3.63) is 45.9 Å². The number of halogens is 1. The number of carbonyl (C=O) groups excluding carboxylic acids is 3. The van der Waals surface area contributed by atoms with Gasteiger partial charge in [0.2, 0.25) is 11.8 Å². The van der Waals surface area contributed by atoms with Crippen LogP contribution in [0.4, 0.5) is 5.13 Å². The van der Waals surface area contributed by atoms with E-state index in [1.165, 1.54) is 35.5 Å². The van der Waals surface area contributed by atoms with Crippen LogP contribution in [0, 0.1) is 0 Å². The van der Waals surface area contributed by atoms with Crippen molar-refractivity contribution in [2.75, 3.05) is 44.6 Å². The second-order valence-corrected chi connectivity index (χ2v) is 9.65. The van der Waals surface area contributed by atoms with Crippen LogP contribution in [0.15, 0.2) is 29.6 Å². The van der Waals surface area contributed by atoms with Crippen LogP contribution in [0.5, 0.6) is 0 Å². The highest BCUT2D eigenvalue weighted by Crippen LogP contribution is 2.17. The lowest BCUT2D eigenvalue weighted by Gasteiger charge is -2.26. The van der Waals surface area contributed by atoms with Gasteiger partial charge < -0.3 is 20.4 Å². The molecule has 0 radical (unpaired) electrons. The molecule has 184 valence electrons. The van der Waals surface area contributed by atoms with Gasteiger partial charge in [0.1, 0.15) is 6.54 Å². The zero-order valence-corrected chi connectivity index (χ0v) is 21.1. The summed E-state index contributed by atoms with van der Waals surface area (Å²) < 4.78 is 0. The Labute approximate surface area is 209 Å². The third-order valence-corrected chi connectivity index (χ3v) is 6.60. The fourth-order valence-electron chi connectivity index (χ4n) is 3.84. The van der Waals surface area contributed by atoms with E-state index in [1.807, 2.05) is 6.92 Å². The van der Waals surface area contributed by atoms with Crippen molar-refractivity contribution in [1.82, 2.24) is 20.1 Å². The summed E-state index contributed by atoms with van der Waals surface area (Å²) in [5.74, 6) is -0.639. The summed E-state index contributed by atoms with van der Waals surface area (Å²) in [5.41, 5.74) is 1.09. The second kappa shape index (κ2) is 13.4. The quantitative estimate of drug-likeness (QED) is 0.488. The zero-order valence-electron chi connectivity index (χ0n) is 19.5. The van der Waals surface area contributed by atoms with Crippen molar-refractivity contribution in [2.24, 2.45) is 0 Å². The highest BCUT2D eigenvalue weighted by atomic mass is 35.5. The summed E-state index contributed by atoms with van der Waals surface area (Å²) in [4.78, 5) is 45.8. The largest absolute Gasteiger partial charge is 0.354 e. The molecular weight excluding hydrogens is 474 g/mol. The van der Waals surface area contributed by atoms with Crippen molar-refractivity contribution in [2.45, 2.75) is 39.0 Å². The van der Waals surface area contributed by atoms with Gasteiger partial charge in [0, 0.05) is 35.6 Å². The Morgan fingerprint density at radius 2 is 1.85 bits per heavy atom. The highest BCUT2D eigenvalue weighted by molar-refractivity contribution is 7.13. The standard InChI is InChI=1S/C24H32ClN5O3S/c1-2-11-30(23(33)18-6-8-19(25)9-7-18)16-22(32)28-24-27-20(17-34-24)15-21(31)26-10-14-29-12-4-3-5-13-29/h6-9,17H,2-5,10-16H2,1H3,(H,26,31)(H,27,28,32). The molecule has 0 aliphatic carbocycles. The van der Waals surface area contributed by atoms with Crippen LogP contribution in [0.25, 0.3) is 0 Å². The van der Waals surface area contributed by atoms with Crippen LogP contribution in [-0.2, 0) is 16.0 Å². The van der Waals surface area contributed by atoms with Gasteiger partial charge in [-0.2, -0.15) is 0 Å². The minimum atomic E-state index is -0.331. The Morgan fingerprint density at radius 1 is 1.12 bits per heavy atom. The van der Waals surface area contributed by atoms with E-state index in [2.05, 4.69) is 20.5 Å². The molecule has 10 heteroatoms. The fourth-order valence-corrected chi connectivity index (χ4v) is 4.69. The molecule has 8 nitrogen and oxygen atoms in total. The number of hydrogen-bond donors (Lipinski definition) is 2. The van der Waals surface area contributed by atoms with E-state index < -0.39 is 0 Å². The lowest BCUT2D eigenvalue weighted by atomic mass is 10.1. The number of aromatic nitrogens is 1. The van der Waals surface area contributed by atoms with Crippen LogP contribution in [0.1, 0.15) is 48.7 Å². The van der Waals surface area contributed by atoms with Crippen LogP contribution < -0.4 is 10.6 Å². The van der Waals surface area contributed by atoms with Gasteiger partial charge in [-0.1, -0.05) is 24.9 Å². The maximum atomic E-state index is 12.8. The summed E-state index contributed by atoms with van der Waals surface area (Å²) in [6.07, 6.45) is 4.64. The summed E-state index contributed by atoms with van der Waals surface area (Å²) >= 11 is 7.16. The van der Waals surface area contributed by atoms with E-state index in [4.69, 9.17) is 11.6 Å². The minimum absolute atomic E-state index is 0.0807. The molecule has 1 aromatic carbocycles. The normalized spacial score (nSPS) is 13.9. The van der Waals surface area contributed by atoms with E-state index in [0.29, 0.717) is 34.5 Å². The third-order valence-electron chi connectivity index (χ3n) is 5.55. The van der Waals surface area contributed by atoms with Crippen LogP contribution in [-0.4, -0.2) is 71.8 Å². The molecule has 1 fully saturated rings. The van der Waals surface area contributed by atoms with Gasteiger partial charge in [-0.3, -0.25) is 14.4 Å². The molecule has 0 atom stereocenters. The lowest BCUT2D eigenvalue weighted by molar-refractivity contribution is -0.120. The van der Waals surface area contributed by atoms with Gasteiger partial charge >= 0.3 is 0 Å². The Hall–Kier alpha value is -2.49. The predicted octanol–water partition coefficient (Wildman–Crippen LogP) is 3.43. The molecule has 2 aromatic rings. The molecule has 34 heavy (non-hydrogen) atoms. The first kappa shape index (κ1) is 26.1. The topological polar surface area (TPSA) is 94.6 Å². The van der Waals surface area contributed by atoms with E-state index in [-0.39, 0.29) is 30.7 Å². The fraction of sp³-hybridized carbons (Fsp3) is 0.500. The molecule has 0 saturated carbocycles. The average molecular weight is 506 g/mol. The van der Waals surface area contributed by atoms with Crippen molar-refractivity contribution in [1.29, 1.82) is 0 Å². The molecule has 1 aromatic heterocycles. The summed E-state index contributed by atoms with van der Waals surface area (Å²) in [6, 6.07) is 6.60. The molecule has 3 amide bonds. The number of benzene rings is 1. The molecule has 0 unspecified atom stereocenters. The Bertz CT molecular complexity index is 960. The minimum Gasteiger partial charge on any atom is -0.354 e. The number of rotatable bonds is 11. The number of likely N-dealkylation sites (tertiary alicyclic amines) is 1. The average Bonchev–Trinajstić information content (AvgIpc) is 3.25. The van der Waals surface area contributed by atoms with Crippen molar-refractivity contribution in [3.63, 3.8) is 0 Å². The zero-order chi connectivity index (χ0) is 24.3. The first-order chi connectivity index (χ1) is 16.4. The van der Waals surface area contributed by atoms with Gasteiger partial charge in [-0.05, 0) is 56.6 Å². The van der Waals surface area contributed by atoms with E-state index >= 15 is 0 Å². The SMILES string of the molecule is CCCN(CC(=O)Nc1nc(CC(=O)NCCN2CCCCC2)cs1)C(=O)c1ccc(Cl)cc1. The van der Waals surface area contributed by atoms with Crippen molar-refractivity contribution in [3.8, 4) is 0 Å². The maximum Gasteiger partial charge on any atom is 0.254 e. The number of hydrogen-bond acceptors (Lipinski definition) is 6. The number of nitrogens with zero attached hydrogens (tertiary/aromatic N) is 3. The maximum absolute atomic E-state index is 12.8. The van der Waals surface area contributed by atoms with Crippen molar-refractivity contribution >= 4 is 45.8 Å². The van der Waals surface area contributed by atoms with Crippen LogP contribution in [0.3, 0.4) is 0 Å². The molecule has 0 spiro atoms. The molecule has 3 rings (SSSR count). The molecule has 1 aliphatic heterocycles. The van der Waals surface area contributed by atoms with E-state index in [1.54, 1.807) is 29.6 Å². The second-order valence-electron chi connectivity index (χ2n) is 8.35. The Balaban J connectivity index is 1.45. The molecule has 2 heterocycles.